The summed E-state index contributed by atoms with van der Waals surface area (Å²) in [4.78, 5) is 14.4. The molecule has 0 unspecified atom stereocenters. The van der Waals surface area contributed by atoms with Crippen molar-refractivity contribution in [1.82, 2.24) is 9.21 Å². The summed E-state index contributed by atoms with van der Waals surface area (Å²) in [5.41, 5.74) is 0.900. The van der Waals surface area contributed by atoms with E-state index in [2.05, 4.69) is 4.90 Å². The molecule has 1 aromatic carbocycles. The molecule has 3 fully saturated rings. The summed E-state index contributed by atoms with van der Waals surface area (Å²) in [6, 6.07) is 6.84. The number of benzene rings is 1. The van der Waals surface area contributed by atoms with E-state index in [4.69, 9.17) is 4.74 Å². The lowest BCUT2D eigenvalue weighted by Crippen LogP contribution is -2.59. The summed E-state index contributed by atoms with van der Waals surface area (Å²) in [6.45, 7) is 0.0541. The summed E-state index contributed by atoms with van der Waals surface area (Å²) >= 11 is 0. The van der Waals surface area contributed by atoms with Gasteiger partial charge in [-0.2, -0.15) is 13.2 Å². The van der Waals surface area contributed by atoms with Crippen molar-refractivity contribution in [1.29, 1.82) is 0 Å². The molecule has 2 aliphatic heterocycles. The molecule has 2 saturated heterocycles. The van der Waals surface area contributed by atoms with E-state index >= 15 is 0 Å². The van der Waals surface area contributed by atoms with Crippen molar-refractivity contribution in [3.8, 4) is 5.75 Å². The molecular formula is C22H29F3N2O5S. The maximum Gasteiger partial charge on any atom is 0.422 e. The standard InChI is InChI=1S/C22H29F3N2O5S/c23-22(24,25)15-32-19-5-1-16(2-6-19)17-7-11-27(12-8-17)33(30,31)21(20(28)29)9-13-26(14-10-21)18-3-4-18/h1-2,5-6,17-18H,3-4,7-15H2,(H,28,29). The molecule has 3 aliphatic rings. The highest BCUT2D eigenvalue weighted by molar-refractivity contribution is 7.91. The molecule has 2 heterocycles. The maximum atomic E-state index is 13.5. The topological polar surface area (TPSA) is 87.1 Å². The first-order valence-corrected chi connectivity index (χ1v) is 12.7. The van der Waals surface area contributed by atoms with Gasteiger partial charge in [-0.05, 0) is 62.1 Å². The van der Waals surface area contributed by atoms with Gasteiger partial charge in [0.15, 0.2) is 11.4 Å². The number of piperidine rings is 2. The quantitative estimate of drug-likeness (QED) is 0.632. The van der Waals surface area contributed by atoms with Crippen LogP contribution in [0.5, 0.6) is 5.75 Å². The van der Waals surface area contributed by atoms with Crippen molar-refractivity contribution < 1.29 is 36.2 Å². The second kappa shape index (κ2) is 9.07. The summed E-state index contributed by atoms with van der Waals surface area (Å²) in [5.74, 6) is -1.10. The molecule has 4 rings (SSSR count). The number of aliphatic carboxylic acids is 1. The number of halogens is 3. The number of carbonyl (C=O) groups is 1. The van der Waals surface area contributed by atoms with Crippen molar-refractivity contribution in [2.45, 2.75) is 61.4 Å². The molecule has 1 N–H and O–H groups in total. The summed E-state index contributed by atoms with van der Waals surface area (Å²) in [6.07, 6.45) is -0.983. The van der Waals surface area contributed by atoms with Gasteiger partial charge >= 0.3 is 12.1 Å². The smallest absolute Gasteiger partial charge is 0.422 e. The molecule has 33 heavy (non-hydrogen) atoms. The molecule has 0 bridgehead atoms. The number of sulfonamides is 1. The van der Waals surface area contributed by atoms with Crippen molar-refractivity contribution in [3.05, 3.63) is 29.8 Å². The van der Waals surface area contributed by atoms with Crippen LogP contribution in [0.3, 0.4) is 0 Å². The molecule has 184 valence electrons. The molecule has 0 atom stereocenters. The molecule has 0 radical (unpaired) electrons. The van der Waals surface area contributed by atoms with Crippen LogP contribution in [0.25, 0.3) is 0 Å². The molecule has 0 spiro atoms. The largest absolute Gasteiger partial charge is 0.484 e. The fraction of sp³-hybridized carbons (Fsp3) is 0.682. The molecule has 0 amide bonds. The predicted octanol–water partition coefficient (Wildman–Crippen LogP) is 3.22. The molecule has 1 aromatic rings. The van der Waals surface area contributed by atoms with Crippen LogP contribution in [0.4, 0.5) is 13.2 Å². The van der Waals surface area contributed by atoms with Gasteiger partial charge in [0.2, 0.25) is 10.0 Å². The molecule has 0 aromatic heterocycles. The highest BCUT2D eigenvalue weighted by Gasteiger charge is 2.56. The maximum absolute atomic E-state index is 13.5. The van der Waals surface area contributed by atoms with Gasteiger partial charge < -0.3 is 14.7 Å². The van der Waals surface area contributed by atoms with Crippen LogP contribution >= 0.6 is 0 Å². The number of hydrogen-bond donors (Lipinski definition) is 1. The van der Waals surface area contributed by atoms with Gasteiger partial charge in [0.1, 0.15) is 5.75 Å². The minimum absolute atomic E-state index is 0.0469. The van der Waals surface area contributed by atoms with E-state index in [-0.39, 0.29) is 37.6 Å². The number of likely N-dealkylation sites (tertiary alicyclic amines) is 1. The third-order valence-electron chi connectivity index (χ3n) is 7.10. The number of rotatable bonds is 7. The molecule has 7 nitrogen and oxygen atoms in total. The van der Waals surface area contributed by atoms with Crippen LogP contribution in [0, 0.1) is 0 Å². The van der Waals surface area contributed by atoms with Crippen molar-refractivity contribution in [3.63, 3.8) is 0 Å². The average molecular weight is 491 g/mol. The Morgan fingerprint density at radius 2 is 1.61 bits per heavy atom. The van der Waals surface area contributed by atoms with Crippen LogP contribution < -0.4 is 4.74 Å². The lowest BCUT2D eigenvalue weighted by atomic mass is 9.90. The summed E-state index contributed by atoms with van der Waals surface area (Å²) in [5, 5.41) is 9.94. The third kappa shape index (κ3) is 5.14. The van der Waals surface area contributed by atoms with Gasteiger partial charge in [-0.3, -0.25) is 4.79 Å². The zero-order chi connectivity index (χ0) is 23.9. The number of carboxylic acid groups (broad SMARTS) is 1. The van der Waals surface area contributed by atoms with Gasteiger partial charge in [0.05, 0.1) is 0 Å². The van der Waals surface area contributed by atoms with Crippen molar-refractivity contribution in [2.75, 3.05) is 32.8 Å². The second-order valence-corrected chi connectivity index (χ2v) is 11.5. The molecular weight excluding hydrogens is 461 g/mol. The van der Waals surface area contributed by atoms with Crippen LogP contribution in [0.2, 0.25) is 0 Å². The number of hydrogen-bond acceptors (Lipinski definition) is 5. The van der Waals surface area contributed by atoms with Gasteiger partial charge in [-0.25, -0.2) is 12.7 Å². The Kier molecular flexibility index (Phi) is 6.67. The van der Waals surface area contributed by atoms with Crippen LogP contribution in [0.1, 0.15) is 50.0 Å². The van der Waals surface area contributed by atoms with Crippen LogP contribution in [-0.4, -0.2) is 78.4 Å². The number of nitrogens with zero attached hydrogens (tertiary/aromatic N) is 2. The molecule has 1 saturated carbocycles. The normalized spacial score (nSPS) is 23.4. The zero-order valence-electron chi connectivity index (χ0n) is 18.3. The first-order chi connectivity index (χ1) is 15.5. The van der Waals surface area contributed by atoms with E-state index in [9.17, 15) is 31.5 Å². The van der Waals surface area contributed by atoms with Gasteiger partial charge in [0.25, 0.3) is 0 Å². The predicted molar refractivity (Wildman–Crippen MR) is 115 cm³/mol. The number of carboxylic acids is 1. The van der Waals surface area contributed by atoms with E-state index in [0.717, 1.165) is 18.4 Å². The van der Waals surface area contributed by atoms with E-state index in [1.54, 1.807) is 12.1 Å². The van der Waals surface area contributed by atoms with E-state index in [1.165, 1.54) is 16.4 Å². The SMILES string of the molecule is O=C(O)C1(S(=O)(=O)N2CCC(c3ccc(OCC(F)(F)F)cc3)CC2)CCN(C2CC2)CC1. The van der Waals surface area contributed by atoms with Crippen molar-refractivity contribution >= 4 is 16.0 Å². The number of alkyl halides is 3. The van der Waals surface area contributed by atoms with E-state index in [0.29, 0.717) is 32.0 Å². The average Bonchev–Trinajstić information content (AvgIpc) is 3.63. The summed E-state index contributed by atoms with van der Waals surface area (Å²) in [7, 11) is -4.03. The zero-order valence-corrected chi connectivity index (χ0v) is 19.1. The Morgan fingerprint density at radius 1 is 1.03 bits per heavy atom. The Morgan fingerprint density at radius 3 is 2.09 bits per heavy atom. The minimum Gasteiger partial charge on any atom is -0.484 e. The Labute approximate surface area is 191 Å². The monoisotopic (exact) mass is 490 g/mol. The molecule has 11 heteroatoms. The molecule has 1 aliphatic carbocycles. The van der Waals surface area contributed by atoms with Gasteiger partial charge in [0, 0.05) is 32.2 Å². The summed E-state index contributed by atoms with van der Waals surface area (Å²) < 4.78 is 68.1. The van der Waals surface area contributed by atoms with Crippen LogP contribution in [0.15, 0.2) is 24.3 Å². The van der Waals surface area contributed by atoms with Gasteiger partial charge in [-0.15, -0.1) is 0 Å². The lowest BCUT2D eigenvalue weighted by molar-refractivity contribution is -0.153. The first-order valence-electron chi connectivity index (χ1n) is 11.3. The first kappa shape index (κ1) is 24.3. The van der Waals surface area contributed by atoms with Gasteiger partial charge in [-0.1, -0.05) is 12.1 Å². The Bertz CT molecular complexity index is 947. The highest BCUT2D eigenvalue weighted by atomic mass is 32.2. The minimum atomic E-state index is -4.40. The fourth-order valence-electron chi connectivity index (χ4n) is 4.95. The Balaban J connectivity index is 1.37. The highest BCUT2D eigenvalue weighted by Crippen LogP contribution is 2.40. The van der Waals surface area contributed by atoms with Crippen LogP contribution in [-0.2, 0) is 14.8 Å². The third-order valence-corrected chi connectivity index (χ3v) is 9.72. The van der Waals surface area contributed by atoms with E-state index < -0.39 is 33.5 Å². The Hall–Kier alpha value is -1.85. The number of ether oxygens (including phenoxy) is 1. The van der Waals surface area contributed by atoms with Crippen molar-refractivity contribution in [2.24, 2.45) is 0 Å². The van der Waals surface area contributed by atoms with E-state index in [1.807, 2.05) is 0 Å². The fourth-order valence-corrected chi connectivity index (χ4v) is 7.06. The lowest BCUT2D eigenvalue weighted by Gasteiger charge is -2.42. The second-order valence-electron chi connectivity index (χ2n) is 9.22.